The van der Waals surface area contributed by atoms with E-state index in [9.17, 15) is 0 Å². The summed E-state index contributed by atoms with van der Waals surface area (Å²) in [6.07, 6.45) is 9.22. The number of fused-ring (bicyclic) bond motifs is 17. The molecule has 0 N–H and O–H groups in total. The van der Waals surface area contributed by atoms with E-state index in [1.165, 1.54) is 43.1 Å². The normalized spacial score (nSPS) is 12.0. The summed E-state index contributed by atoms with van der Waals surface area (Å²) in [5.74, 6) is 1.10. The molecule has 0 aliphatic rings. The van der Waals surface area contributed by atoms with Crippen LogP contribution in [0.25, 0.3) is 175 Å². The molecule has 11 aromatic carbocycles. The lowest BCUT2D eigenvalue weighted by molar-refractivity contribution is 1.06. The molecule has 80 heavy (non-hydrogen) atoms. The van der Waals surface area contributed by atoms with Gasteiger partial charge in [0.1, 0.15) is 12.0 Å². The molecule has 17 aromatic rings. The van der Waals surface area contributed by atoms with Gasteiger partial charge in [0.05, 0.1) is 27.8 Å². The van der Waals surface area contributed by atoms with Gasteiger partial charge in [0.25, 0.3) is 0 Å². The molecular weight excluding hydrogens is 977 g/mol. The number of rotatable bonds is 5. The Balaban J connectivity index is 0.732. The van der Waals surface area contributed by atoms with Crippen LogP contribution in [-0.2, 0) is 0 Å². The predicted molar refractivity (Wildman–Crippen MR) is 329 cm³/mol. The van der Waals surface area contributed by atoms with Crippen LogP contribution >= 0.6 is 0 Å². The summed E-state index contributed by atoms with van der Waals surface area (Å²) in [7, 11) is 0. The minimum Gasteiger partial charge on any atom is -0.264 e. The number of pyridine rings is 5. The average Bonchev–Trinajstić information content (AvgIpc) is 3.54. The summed E-state index contributed by atoms with van der Waals surface area (Å²) in [6.45, 7) is 0. The minimum absolute atomic E-state index is 0.503. The molecule has 0 spiro atoms. The van der Waals surface area contributed by atoms with Gasteiger partial charge < -0.3 is 0 Å². The highest BCUT2D eigenvalue weighted by Crippen LogP contribution is 2.43. The van der Waals surface area contributed by atoms with Gasteiger partial charge in [0.2, 0.25) is 0 Å². The summed E-state index contributed by atoms with van der Waals surface area (Å²) >= 11 is 0. The molecule has 0 atom stereocenters. The van der Waals surface area contributed by atoms with Crippen molar-refractivity contribution in [1.29, 1.82) is 0 Å². The standard InChI is InChI=1S/C72H40N8/c1-2-10-53-41(8-1)15-20-49-36-61(56-12-4-6-14-58(56)65(49)53)71-76-40-77-72(80-71)64-28-25-44-18-22-50-34-52(38-75-68(50)70(44)79-64)45-23-26-54-46(32-45)19-21-48-35-59(55-11-3-5-13-57(55)66(48)54)51-33-47-29-31-73-39-62(47)60(37-51)63-27-24-43-17-16-42-9-7-30-74-67(42)69(43)78-63/h1-40H. The molecule has 8 heteroatoms. The smallest absolute Gasteiger partial charge is 0.181 e. The first-order valence-corrected chi connectivity index (χ1v) is 26.8. The maximum atomic E-state index is 5.30. The van der Waals surface area contributed by atoms with E-state index in [-0.39, 0.29) is 0 Å². The van der Waals surface area contributed by atoms with Crippen LogP contribution in [0.5, 0.6) is 0 Å². The first kappa shape index (κ1) is 44.2. The first-order chi connectivity index (χ1) is 39.6. The topological polar surface area (TPSA) is 103 Å². The lowest BCUT2D eigenvalue weighted by Crippen LogP contribution is -1.98. The van der Waals surface area contributed by atoms with Gasteiger partial charge in [-0.2, -0.15) is 0 Å². The summed E-state index contributed by atoms with van der Waals surface area (Å²) < 4.78 is 0. The fourth-order valence-electron chi connectivity index (χ4n) is 12.5. The number of benzene rings is 11. The van der Waals surface area contributed by atoms with Crippen molar-refractivity contribution in [3.05, 3.63) is 243 Å². The van der Waals surface area contributed by atoms with E-state index in [0.29, 0.717) is 17.3 Å². The van der Waals surface area contributed by atoms with Crippen LogP contribution in [0, 0.1) is 0 Å². The van der Waals surface area contributed by atoms with Crippen LogP contribution < -0.4 is 0 Å². The van der Waals surface area contributed by atoms with Crippen LogP contribution in [0.1, 0.15) is 0 Å². The van der Waals surface area contributed by atoms with Crippen LogP contribution in [-0.4, -0.2) is 39.9 Å². The Morgan fingerprint density at radius 3 is 1.62 bits per heavy atom. The fraction of sp³-hybridized carbons (Fsp3) is 0. The third-order valence-corrected chi connectivity index (χ3v) is 16.2. The zero-order valence-corrected chi connectivity index (χ0v) is 42.7. The van der Waals surface area contributed by atoms with Crippen molar-refractivity contribution in [3.63, 3.8) is 0 Å². The second-order valence-corrected chi connectivity index (χ2v) is 20.7. The fourth-order valence-corrected chi connectivity index (χ4v) is 12.5. The van der Waals surface area contributed by atoms with Gasteiger partial charge in [-0.05, 0) is 147 Å². The van der Waals surface area contributed by atoms with Gasteiger partial charge in [0.15, 0.2) is 11.6 Å². The highest BCUT2D eigenvalue weighted by molar-refractivity contribution is 6.25. The summed E-state index contributed by atoms with van der Waals surface area (Å²) in [4.78, 5) is 39.4. The molecule has 17 rings (SSSR count). The van der Waals surface area contributed by atoms with E-state index in [2.05, 4.69) is 210 Å². The molecule has 6 heterocycles. The van der Waals surface area contributed by atoms with Gasteiger partial charge >= 0.3 is 0 Å². The van der Waals surface area contributed by atoms with Crippen molar-refractivity contribution in [2.45, 2.75) is 0 Å². The highest BCUT2D eigenvalue weighted by atomic mass is 15.0. The molecule has 0 saturated carbocycles. The molecule has 0 radical (unpaired) electrons. The zero-order valence-electron chi connectivity index (χ0n) is 42.7. The van der Waals surface area contributed by atoms with Crippen molar-refractivity contribution in [3.8, 4) is 56.4 Å². The Hall–Kier alpha value is -11.0. The number of hydrogen-bond donors (Lipinski definition) is 0. The van der Waals surface area contributed by atoms with E-state index in [1.807, 2.05) is 36.9 Å². The predicted octanol–water partition coefficient (Wildman–Crippen LogP) is 17.9. The van der Waals surface area contributed by atoms with Crippen molar-refractivity contribution in [2.75, 3.05) is 0 Å². The van der Waals surface area contributed by atoms with Gasteiger partial charge in [-0.25, -0.2) is 24.9 Å². The highest BCUT2D eigenvalue weighted by Gasteiger charge is 2.19. The van der Waals surface area contributed by atoms with Crippen molar-refractivity contribution < 1.29 is 0 Å². The molecule has 0 unspecified atom stereocenters. The first-order valence-electron chi connectivity index (χ1n) is 26.8. The largest absolute Gasteiger partial charge is 0.264 e. The van der Waals surface area contributed by atoms with E-state index in [4.69, 9.17) is 29.9 Å². The molecule has 0 aliphatic carbocycles. The Bertz CT molecular complexity index is 5520. The third-order valence-electron chi connectivity index (χ3n) is 16.2. The van der Waals surface area contributed by atoms with E-state index in [1.54, 1.807) is 6.33 Å². The van der Waals surface area contributed by atoms with Crippen LogP contribution in [0.15, 0.2) is 243 Å². The van der Waals surface area contributed by atoms with E-state index < -0.39 is 0 Å². The second-order valence-electron chi connectivity index (χ2n) is 20.7. The quantitative estimate of drug-likeness (QED) is 0.157. The molecule has 0 bridgehead atoms. The second kappa shape index (κ2) is 17.3. The Kier molecular flexibility index (Phi) is 9.54. The molecule has 8 nitrogen and oxygen atoms in total. The Morgan fingerprint density at radius 2 is 0.812 bits per heavy atom. The summed E-state index contributed by atoms with van der Waals surface area (Å²) in [5, 5.41) is 20.4. The molecule has 6 aromatic heterocycles. The van der Waals surface area contributed by atoms with Crippen molar-refractivity contribution in [1.82, 2.24) is 39.9 Å². The molecule has 0 fully saturated rings. The number of nitrogens with zero attached hydrogens (tertiary/aromatic N) is 8. The number of aromatic nitrogens is 8. The van der Waals surface area contributed by atoms with Crippen molar-refractivity contribution >= 4 is 119 Å². The van der Waals surface area contributed by atoms with Gasteiger partial charge in [-0.1, -0.05) is 152 Å². The Morgan fingerprint density at radius 1 is 0.250 bits per heavy atom. The zero-order chi connectivity index (χ0) is 52.4. The van der Waals surface area contributed by atoms with Crippen molar-refractivity contribution in [2.24, 2.45) is 0 Å². The lowest BCUT2D eigenvalue weighted by Gasteiger charge is -2.16. The molecule has 0 aliphatic heterocycles. The monoisotopic (exact) mass is 1020 g/mol. The average molecular weight is 1020 g/mol. The van der Waals surface area contributed by atoms with Gasteiger partial charge in [-0.15, -0.1) is 0 Å². The van der Waals surface area contributed by atoms with E-state index >= 15 is 0 Å². The van der Waals surface area contributed by atoms with Crippen LogP contribution in [0.2, 0.25) is 0 Å². The van der Waals surface area contributed by atoms with E-state index in [0.717, 1.165) is 115 Å². The molecule has 0 saturated heterocycles. The SMILES string of the molecule is c1ccc2c(c1)ccc1cc(-c3ncnc(-c4ccc5ccc6cc(-c7ccc8c(ccc9cc(-c%10cc(-c%11ccc%12ccc%13cccnc%13c%12n%11)c%11cnccc%11c%10)c%10ccccc%10c98)c7)cnc6c5n4)n3)c3ccccc3c12. The van der Waals surface area contributed by atoms with Gasteiger partial charge in [0, 0.05) is 68.4 Å². The number of hydrogen-bond acceptors (Lipinski definition) is 8. The third kappa shape index (κ3) is 6.89. The maximum Gasteiger partial charge on any atom is 0.181 e. The lowest BCUT2D eigenvalue weighted by atomic mass is 9.88. The maximum absolute atomic E-state index is 5.30. The summed E-state index contributed by atoms with van der Waals surface area (Å²) in [5.41, 5.74) is 11.3. The van der Waals surface area contributed by atoms with Crippen LogP contribution in [0.3, 0.4) is 0 Å². The van der Waals surface area contributed by atoms with Crippen LogP contribution in [0.4, 0.5) is 0 Å². The summed E-state index contributed by atoms with van der Waals surface area (Å²) in [6, 6.07) is 75.8. The molecular formula is C72H40N8. The molecule has 368 valence electrons. The van der Waals surface area contributed by atoms with Gasteiger partial charge in [-0.3, -0.25) is 15.0 Å². The Labute approximate surface area is 456 Å². The minimum atomic E-state index is 0.503. The molecule has 0 amide bonds.